The van der Waals surface area contributed by atoms with Crippen LogP contribution in [-0.4, -0.2) is 23.7 Å². The lowest BCUT2D eigenvalue weighted by atomic mass is 10.1. The van der Waals surface area contributed by atoms with Gasteiger partial charge >= 0.3 is 0 Å². The third-order valence-corrected chi connectivity index (χ3v) is 3.86. The van der Waals surface area contributed by atoms with Crippen molar-refractivity contribution < 1.29 is 9.90 Å². The highest BCUT2D eigenvalue weighted by Crippen LogP contribution is 2.24. The maximum absolute atomic E-state index is 11.8. The Morgan fingerprint density at radius 3 is 2.83 bits per heavy atom. The first-order valence-electron chi connectivity index (χ1n) is 6.35. The van der Waals surface area contributed by atoms with E-state index < -0.39 is 0 Å². The number of carbonyl (C=O) groups is 1. The van der Waals surface area contributed by atoms with Gasteiger partial charge in [-0.2, -0.15) is 0 Å². The molecule has 0 spiro atoms. The molecular weight excluding hydrogens is 250 g/mol. The Morgan fingerprint density at radius 2 is 2.17 bits per heavy atom. The number of rotatable bonds is 4. The van der Waals surface area contributed by atoms with Crippen molar-refractivity contribution in [3.63, 3.8) is 0 Å². The van der Waals surface area contributed by atoms with Gasteiger partial charge in [-0.1, -0.05) is 36.2 Å². The van der Waals surface area contributed by atoms with E-state index in [-0.39, 0.29) is 17.9 Å². The normalized spacial score (nSPS) is 23.0. The Hall–Kier alpha value is -1.06. The van der Waals surface area contributed by atoms with Crippen molar-refractivity contribution in [1.82, 2.24) is 5.32 Å². The molecule has 0 heterocycles. The molecule has 1 amide bonds. The number of amides is 1. The van der Waals surface area contributed by atoms with Crippen LogP contribution in [-0.2, 0) is 11.2 Å². The summed E-state index contributed by atoms with van der Waals surface area (Å²) in [5.74, 6) is 0.169. The Labute approximate surface area is 112 Å². The van der Waals surface area contributed by atoms with Gasteiger partial charge < -0.3 is 10.4 Å². The number of aliphatic hydroxyl groups excluding tert-OH is 1. The van der Waals surface area contributed by atoms with Gasteiger partial charge in [-0.25, -0.2) is 0 Å². The van der Waals surface area contributed by atoms with E-state index >= 15 is 0 Å². The van der Waals surface area contributed by atoms with Crippen LogP contribution in [0.5, 0.6) is 0 Å². The molecule has 4 heteroatoms. The zero-order valence-corrected chi connectivity index (χ0v) is 11.0. The second-order valence-electron chi connectivity index (χ2n) is 4.83. The molecule has 2 N–H and O–H groups in total. The minimum absolute atomic E-state index is 0.0396. The second-order valence-corrected chi connectivity index (χ2v) is 5.24. The molecule has 1 aromatic carbocycles. The molecule has 0 bridgehead atoms. The molecule has 1 fully saturated rings. The van der Waals surface area contributed by atoms with Crippen LogP contribution in [0.4, 0.5) is 0 Å². The first-order chi connectivity index (χ1) is 8.66. The van der Waals surface area contributed by atoms with Gasteiger partial charge in [0.2, 0.25) is 5.91 Å². The molecule has 1 aromatic rings. The number of hydrogen-bond donors (Lipinski definition) is 2. The van der Waals surface area contributed by atoms with Crippen LogP contribution in [0, 0.1) is 5.92 Å². The largest absolute Gasteiger partial charge is 0.393 e. The van der Waals surface area contributed by atoms with Gasteiger partial charge in [0.1, 0.15) is 0 Å². The number of hydrogen-bond acceptors (Lipinski definition) is 2. The van der Waals surface area contributed by atoms with E-state index in [1.54, 1.807) is 6.07 Å². The molecule has 98 valence electrons. The lowest BCUT2D eigenvalue weighted by Gasteiger charge is -2.15. The third-order valence-electron chi connectivity index (χ3n) is 3.49. The molecule has 18 heavy (non-hydrogen) atoms. The molecular formula is C14H18ClNO2. The summed E-state index contributed by atoms with van der Waals surface area (Å²) in [5.41, 5.74) is 0.837. The van der Waals surface area contributed by atoms with Gasteiger partial charge in [0.15, 0.2) is 0 Å². The maximum atomic E-state index is 11.8. The van der Waals surface area contributed by atoms with Gasteiger partial charge in [-0.15, -0.1) is 0 Å². The topological polar surface area (TPSA) is 49.3 Å². The molecule has 0 saturated heterocycles. The highest BCUT2D eigenvalue weighted by atomic mass is 35.5. The van der Waals surface area contributed by atoms with E-state index in [1.807, 2.05) is 18.2 Å². The SMILES string of the molecule is O=C(Cc1ccccc1Cl)NCC1CCCC1O. The van der Waals surface area contributed by atoms with Crippen LogP contribution in [0.1, 0.15) is 24.8 Å². The Balaban J connectivity index is 1.80. The molecule has 2 unspecified atom stereocenters. The van der Waals surface area contributed by atoms with Crippen molar-refractivity contribution in [3.8, 4) is 0 Å². The van der Waals surface area contributed by atoms with Crippen molar-refractivity contribution in [2.24, 2.45) is 5.92 Å². The minimum atomic E-state index is -0.259. The summed E-state index contributed by atoms with van der Waals surface area (Å²) >= 11 is 6.00. The van der Waals surface area contributed by atoms with Crippen LogP contribution in [0.2, 0.25) is 5.02 Å². The van der Waals surface area contributed by atoms with Gasteiger partial charge in [-0.05, 0) is 24.5 Å². The molecule has 2 atom stereocenters. The van der Waals surface area contributed by atoms with Crippen molar-refractivity contribution in [2.45, 2.75) is 31.8 Å². The standard InChI is InChI=1S/C14H18ClNO2/c15-12-6-2-1-4-10(12)8-14(18)16-9-11-5-3-7-13(11)17/h1-2,4,6,11,13,17H,3,5,7-9H2,(H,16,18). The van der Waals surface area contributed by atoms with Crippen LogP contribution < -0.4 is 5.32 Å². The molecule has 1 saturated carbocycles. The van der Waals surface area contributed by atoms with E-state index in [2.05, 4.69) is 5.32 Å². The average molecular weight is 268 g/mol. The van der Waals surface area contributed by atoms with Gasteiger partial charge in [0, 0.05) is 17.5 Å². The predicted octanol–water partition coefficient (Wildman–Crippen LogP) is 2.16. The lowest BCUT2D eigenvalue weighted by Crippen LogP contribution is -2.33. The van der Waals surface area contributed by atoms with Crippen LogP contribution >= 0.6 is 11.6 Å². The molecule has 1 aliphatic carbocycles. The minimum Gasteiger partial charge on any atom is -0.393 e. The Bertz CT molecular complexity index is 422. The zero-order valence-electron chi connectivity index (χ0n) is 10.2. The maximum Gasteiger partial charge on any atom is 0.224 e. The first kappa shape index (κ1) is 13.4. The first-order valence-corrected chi connectivity index (χ1v) is 6.73. The number of nitrogens with one attached hydrogen (secondary N) is 1. The number of benzene rings is 1. The van der Waals surface area contributed by atoms with Gasteiger partial charge in [0.05, 0.1) is 12.5 Å². The van der Waals surface area contributed by atoms with Crippen molar-refractivity contribution in [3.05, 3.63) is 34.9 Å². The highest BCUT2D eigenvalue weighted by Gasteiger charge is 2.25. The lowest BCUT2D eigenvalue weighted by molar-refractivity contribution is -0.120. The summed E-state index contributed by atoms with van der Waals surface area (Å²) in [7, 11) is 0. The zero-order chi connectivity index (χ0) is 13.0. The second kappa shape index (κ2) is 6.21. The van der Waals surface area contributed by atoms with E-state index in [0.29, 0.717) is 18.0 Å². The quantitative estimate of drug-likeness (QED) is 0.878. The molecule has 2 rings (SSSR count). The van der Waals surface area contributed by atoms with Crippen LogP contribution in [0.25, 0.3) is 0 Å². The van der Waals surface area contributed by atoms with E-state index in [1.165, 1.54) is 0 Å². The average Bonchev–Trinajstić information content (AvgIpc) is 2.75. The summed E-state index contributed by atoms with van der Waals surface area (Å²) in [6.07, 6.45) is 2.93. The summed E-state index contributed by atoms with van der Waals surface area (Å²) in [4.78, 5) is 11.8. The molecule has 3 nitrogen and oxygen atoms in total. The number of halogens is 1. The fourth-order valence-electron chi connectivity index (χ4n) is 2.38. The Kier molecular flexibility index (Phi) is 4.61. The molecule has 0 radical (unpaired) electrons. The predicted molar refractivity (Wildman–Crippen MR) is 71.5 cm³/mol. The smallest absolute Gasteiger partial charge is 0.224 e. The van der Waals surface area contributed by atoms with E-state index in [9.17, 15) is 9.90 Å². The molecule has 1 aliphatic rings. The van der Waals surface area contributed by atoms with Gasteiger partial charge in [-0.3, -0.25) is 4.79 Å². The summed E-state index contributed by atoms with van der Waals surface area (Å²) < 4.78 is 0. The number of aliphatic hydroxyl groups is 1. The van der Waals surface area contributed by atoms with Crippen molar-refractivity contribution in [2.75, 3.05) is 6.54 Å². The fraction of sp³-hybridized carbons (Fsp3) is 0.500. The molecule has 0 aliphatic heterocycles. The van der Waals surface area contributed by atoms with Crippen molar-refractivity contribution >= 4 is 17.5 Å². The third kappa shape index (κ3) is 3.47. The van der Waals surface area contributed by atoms with Crippen LogP contribution in [0.15, 0.2) is 24.3 Å². The van der Waals surface area contributed by atoms with Crippen molar-refractivity contribution in [1.29, 1.82) is 0 Å². The fourth-order valence-corrected chi connectivity index (χ4v) is 2.58. The summed E-state index contributed by atoms with van der Waals surface area (Å²) in [6.45, 7) is 0.560. The van der Waals surface area contributed by atoms with Crippen LogP contribution in [0.3, 0.4) is 0 Å². The highest BCUT2D eigenvalue weighted by molar-refractivity contribution is 6.31. The molecule has 0 aromatic heterocycles. The van der Waals surface area contributed by atoms with Gasteiger partial charge in [0.25, 0.3) is 0 Å². The number of carbonyl (C=O) groups excluding carboxylic acids is 1. The monoisotopic (exact) mass is 267 g/mol. The van der Waals surface area contributed by atoms with E-state index in [4.69, 9.17) is 11.6 Å². The van der Waals surface area contributed by atoms with E-state index in [0.717, 1.165) is 24.8 Å². The summed E-state index contributed by atoms with van der Waals surface area (Å²) in [5, 5.41) is 13.2. The Morgan fingerprint density at radius 1 is 1.39 bits per heavy atom. The summed E-state index contributed by atoms with van der Waals surface area (Å²) in [6, 6.07) is 7.35.